The predicted octanol–water partition coefficient (Wildman–Crippen LogP) is 6.34. The van der Waals surface area contributed by atoms with Gasteiger partial charge in [-0.2, -0.15) is 0 Å². The first-order chi connectivity index (χ1) is 22.2. The Morgan fingerprint density at radius 2 is 1.04 bits per heavy atom. The molecular formula is C37H26O9. The van der Waals surface area contributed by atoms with Crippen molar-refractivity contribution in [3.8, 4) is 17.2 Å². The number of hydrogen-bond acceptors (Lipinski definition) is 9. The molecule has 0 saturated heterocycles. The third-order valence-electron chi connectivity index (χ3n) is 7.04. The average molecular weight is 615 g/mol. The van der Waals surface area contributed by atoms with Crippen LogP contribution < -0.4 is 4.74 Å². The van der Waals surface area contributed by atoms with Gasteiger partial charge in [-0.1, -0.05) is 97.1 Å². The summed E-state index contributed by atoms with van der Waals surface area (Å²) in [6.07, 6.45) is 0. The molecule has 0 aliphatic carbocycles. The second-order valence-corrected chi connectivity index (χ2v) is 10.1. The molecule has 46 heavy (non-hydrogen) atoms. The van der Waals surface area contributed by atoms with Crippen molar-refractivity contribution in [3.63, 3.8) is 0 Å². The van der Waals surface area contributed by atoms with Gasteiger partial charge in [0, 0.05) is 16.7 Å². The van der Waals surface area contributed by atoms with Crippen molar-refractivity contribution < 1.29 is 43.7 Å². The van der Waals surface area contributed by atoms with Crippen molar-refractivity contribution >= 4 is 29.3 Å². The fourth-order valence-corrected chi connectivity index (χ4v) is 4.74. The van der Waals surface area contributed by atoms with E-state index < -0.39 is 64.1 Å². The zero-order valence-corrected chi connectivity index (χ0v) is 24.4. The van der Waals surface area contributed by atoms with Crippen LogP contribution in [0, 0.1) is 0 Å². The highest BCUT2D eigenvalue weighted by molar-refractivity contribution is 6.24. The minimum atomic E-state index is -1.24. The number of ether oxygens (including phenoxy) is 2. The molecule has 2 N–H and O–H groups in total. The highest BCUT2D eigenvalue weighted by Gasteiger charge is 2.37. The van der Waals surface area contributed by atoms with E-state index in [1.165, 1.54) is 49.4 Å². The Kier molecular flexibility index (Phi) is 9.14. The maximum atomic E-state index is 14.1. The molecule has 5 aromatic carbocycles. The van der Waals surface area contributed by atoms with Crippen molar-refractivity contribution in [2.75, 3.05) is 0 Å². The van der Waals surface area contributed by atoms with Gasteiger partial charge in [0.15, 0.2) is 28.8 Å². The summed E-state index contributed by atoms with van der Waals surface area (Å²) in [5.41, 5.74) is -1.26. The normalized spacial score (nSPS) is 10.5. The number of phenolic OH excluding ortho intramolecular Hbond substituents is 2. The minimum Gasteiger partial charge on any atom is -0.504 e. The van der Waals surface area contributed by atoms with E-state index in [0.717, 1.165) is 0 Å². The van der Waals surface area contributed by atoms with Gasteiger partial charge >= 0.3 is 11.9 Å². The lowest BCUT2D eigenvalue weighted by atomic mass is 9.88. The van der Waals surface area contributed by atoms with Gasteiger partial charge in [0.25, 0.3) is 0 Å². The Morgan fingerprint density at radius 1 is 0.543 bits per heavy atom. The SMILES string of the molecule is CC(=O)c1cccc(COC(=O)c2c(C(=O)c3ccccc3)c(O)c(O)c(OC(=O)c3ccccc3)c2C(=O)c2ccccc2)c1. The van der Waals surface area contributed by atoms with Crippen LogP contribution in [-0.2, 0) is 11.3 Å². The molecule has 9 nitrogen and oxygen atoms in total. The van der Waals surface area contributed by atoms with Gasteiger partial charge in [-0.3, -0.25) is 14.4 Å². The average Bonchev–Trinajstić information content (AvgIpc) is 3.09. The zero-order valence-electron chi connectivity index (χ0n) is 24.4. The number of Topliss-reactive ketones (excluding diaryl/α,β-unsaturated/α-hetero) is 1. The van der Waals surface area contributed by atoms with Crippen LogP contribution in [0.2, 0.25) is 0 Å². The molecule has 0 radical (unpaired) electrons. The molecule has 0 heterocycles. The van der Waals surface area contributed by atoms with Gasteiger partial charge in [0.05, 0.1) is 22.3 Å². The molecule has 5 aromatic rings. The molecular weight excluding hydrogens is 588 g/mol. The van der Waals surface area contributed by atoms with E-state index in [2.05, 4.69) is 0 Å². The quantitative estimate of drug-likeness (QED) is 0.0797. The number of esters is 2. The van der Waals surface area contributed by atoms with E-state index in [0.29, 0.717) is 11.1 Å². The summed E-state index contributed by atoms with van der Waals surface area (Å²) in [4.78, 5) is 67.1. The van der Waals surface area contributed by atoms with Crippen LogP contribution in [0.15, 0.2) is 115 Å². The van der Waals surface area contributed by atoms with E-state index in [4.69, 9.17) is 9.47 Å². The number of carbonyl (C=O) groups is 5. The first kappa shape index (κ1) is 31.1. The van der Waals surface area contributed by atoms with Crippen molar-refractivity contribution in [2.45, 2.75) is 13.5 Å². The van der Waals surface area contributed by atoms with Gasteiger partial charge in [-0.15, -0.1) is 0 Å². The summed E-state index contributed by atoms with van der Waals surface area (Å²) in [6.45, 7) is 0.990. The second kappa shape index (κ2) is 13.5. The topological polar surface area (TPSA) is 144 Å². The van der Waals surface area contributed by atoms with Crippen molar-refractivity contribution in [3.05, 3.63) is 160 Å². The maximum Gasteiger partial charge on any atom is 0.343 e. The number of rotatable bonds is 10. The summed E-state index contributed by atoms with van der Waals surface area (Å²) in [5.74, 6) is -7.32. The van der Waals surface area contributed by atoms with Gasteiger partial charge in [0.1, 0.15) is 6.61 Å². The zero-order chi connectivity index (χ0) is 32.8. The maximum absolute atomic E-state index is 14.1. The van der Waals surface area contributed by atoms with Crippen LogP contribution in [0.1, 0.15) is 75.4 Å². The first-order valence-corrected chi connectivity index (χ1v) is 14.0. The number of phenols is 2. The lowest BCUT2D eigenvalue weighted by Crippen LogP contribution is -2.21. The summed E-state index contributed by atoms with van der Waals surface area (Å²) in [5, 5.41) is 22.5. The highest BCUT2D eigenvalue weighted by atomic mass is 16.5. The Balaban J connectivity index is 1.74. The molecule has 0 aliphatic rings. The van der Waals surface area contributed by atoms with Crippen LogP contribution >= 0.6 is 0 Å². The molecule has 0 spiro atoms. The van der Waals surface area contributed by atoms with Crippen molar-refractivity contribution in [2.24, 2.45) is 0 Å². The molecule has 0 saturated carbocycles. The lowest BCUT2D eigenvalue weighted by molar-refractivity contribution is 0.0464. The summed E-state index contributed by atoms with van der Waals surface area (Å²) < 4.78 is 11.0. The van der Waals surface area contributed by atoms with E-state index in [9.17, 15) is 34.2 Å². The predicted molar refractivity (Wildman–Crippen MR) is 166 cm³/mol. The molecule has 0 unspecified atom stereocenters. The standard InChI is InChI=1S/C37H26O9/c1-22(38)27-19-11-12-23(20-27)21-45-37(44)28-29(31(39)24-13-5-2-6-14-24)33(41)34(42)35(46-36(43)26-17-9-4-10-18-26)30(28)32(40)25-15-7-3-8-16-25/h2-20,41-42H,21H2,1H3. The molecule has 0 atom stereocenters. The molecule has 0 bridgehead atoms. The monoisotopic (exact) mass is 614 g/mol. The number of hydrogen-bond donors (Lipinski definition) is 2. The van der Waals surface area contributed by atoms with Crippen LogP contribution in [-0.4, -0.2) is 39.5 Å². The van der Waals surface area contributed by atoms with Gasteiger partial charge < -0.3 is 19.7 Å². The lowest BCUT2D eigenvalue weighted by Gasteiger charge is -2.20. The Labute approximate surface area is 263 Å². The fraction of sp³-hybridized carbons (Fsp3) is 0.0541. The fourth-order valence-electron chi connectivity index (χ4n) is 4.74. The summed E-state index contributed by atoms with van der Waals surface area (Å²) in [6, 6.07) is 29.2. The molecule has 0 aliphatic heterocycles. The number of benzene rings is 5. The van der Waals surface area contributed by atoms with Crippen LogP contribution in [0.4, 0.5) is 0 Å². The molecule has 0 fully saturated rings. The van der Waals surface area contributed by atoms with Crippen molar-refractivity contribution in [1.29, 1.82) is 0 Å². The van der Waals surface area contributed by atoms with E-state index in [1.807, 2.05) is 0 Å². The third kappa shape index (κ3) is 6.44. The van der Waals surface area contributed by atoms with E-state index in [-0.39, 0.29) is 22.5 Å². The van der Waals surface area contributed by atoms with Crippen LogP contribution in [0.25, 0.3) is 0 Å². The van der Waals surface area contributed by atoms with Gasteiger partial charge in [0.2, 0.25) is 5.75 Å². The Morgan fingerprint density at radius 3 is 1.59 bits per heavy atom. The first-order valence-electron chi connectivity index (χ1n) is 14.0. The smallest absolute Gasteiger partial charge is 0.343 e. The minimum absolute atomic E-state index is 0.0194. The Hall–Kier alpha value is -6.35. The number of ketones is 3. The third-order valence-corrected chi connectivity index (χ3v) is 7.04. The van der Waals surface area contributed by atoms with Crippen LogP contribution in [0.5, 0.6) is 17.2 Å². The van der Waals surface area contributed by atoms with E-state index in [1.54, 1.807) is 72.8 Å². The second-order valence-electron chi connectivity index (χ2n) is 10.1. The summed E-state index contributed by atoms with van der Waals surface area (Å²) in [7, 11) is 0. The molecule has 9 heteroatoms. The molecule has 228 valence electrons. The van der Waals surface area contributed by atoms with Crippen LogP contribution in [0.3, 0.4) is 0 Å². The summed E-state index contributed by atoms with van der Waals surface area (Å²) >= 11 is 0. The Bertz CT molecular complexity index is 1970. The number of aromatic hydroxyl groups is 2. The van der Waals surface area contributed by atoms with Gasteiger partial charge in [-0.05, 0) is 30.7 Å². The molecule has 5 rings (SSSR count). The highest BCUT2D eigenvalue weighted by Crippen LogP contribution is 2.46. The van der Waals surface area contributed by atoms with E-state index >= 15 is 0 Å². The van der Waals surface area contributed by atoms with Gasteiger partial charge in [-0.25, -0.2) is 9.59 Å². The largest absolute Gasteiger partial charge is 0.504 e. The number of carbonyl (C=O) groups excluding carboxylic acids is 5. The molecule has 0 amide bonds. The van der Waals surface area contributed by atoms with Crippen molar-refractivity contribution in [1.82, 2.24) is 0 Å². The molecule has 0 aromatic heterocycles.